The van der Waals surface area contributed by atoms with E-state index in [-0.39, 0.29) is 17.3 Å². The van der Waals surface area contributed by atoms with Crippen LogP contribution in [0.2, 0.25) is 0 Å². The third-order valence-electron chi connectivity index (χ3n) is 4.31. The maximum absolute atomic E-state index is 12.3. The zero-order chi connectivity index (χ0) is 18.7. The second kappa shape index (κ2) is 7.35. The van der Waals surface area contributed by atoms with Crippen LogP contribution in [0.1, 0.15) is 42.1 Å². The number of hydrogen-bond acceptors (Lipinski definition) is 5. The molecule has 1 atom stereocenters. The summed E-state index contributed by atoms with van der Waals surface area (Å²) in [5.74, 6) is 0.748. The van der Waals surface area contributed by atoms with E-state index < -0.39 is 15.9 Å². The van der Waals surface area contributed by atoms with Gasteiger partial charge in [0.2, 0.25) is 6.79 Å². The van der Waals surface area contributed by atoms with Crippen LogP contribution in [0.5, 0.6) is 11.5 Å². The Balaban J connectivity index is 1.67. The van der Waals surface area contributed by atoms with Crippen LogP contribution in [0, 0.1) is 0 Å². The number of rotatable bonds is 6. The minimum Gasteiger partial charge on any atom is -0.454 e. The zero-order valence-electron chi connectivity index (χ0n) is 14.5. The molecule has 2 N–H and O–H groups in total. The van der Waals surface area contributed by atoms with Gasteiger partial charge in [0, 0.05) is 5.56 Å². The van der Waals surface area contributed by atoms with E-state index in [1.54, 1.807) is 18.2 Å². The van der Waals surface area contributed by atoms with Gasteiger partial charge in [0.05, 0.1) is 4.90 Å². The number of carbonyl (C=O) groups is 1. The van der Waals surface area contributed by atoms with Gasteiger partial charge in [0.1, 0.15) is 0 Å². The first kappa shape index (κ1) is 18.2. The summed E-state index contributed by atoms with van der Waals surface area (Å²) in [6.07, 6.45) is 0.968. The molecule has 0 aliphatic carbocycles. The van der Waals surface area contributed by atoms with Gasteiger partial charge in [-0.2, -0.15) is 0 Å². The molecule has 7 nitrogen and oxygen atoms in total. The highest BCUT2D eigenvalue weighted by atomic mass is 32.2. The van der Waals surface area contributed by atoms with Crippen LogP contribution in [0.4, 0.5) is 0 Å². The molecule has 3 rings (SSSR count). The molecule has 0 spiro atoms. The molecule has 1 heterocycles. The number of ether oxygens (including phenoxy) is 2. The molecule has 2 aromatic carbocycles. The van der Waals surface area contributed by atoms with Gasteiger partial charge in [-0.1, -0.05) is 26.0 Å². The molecule has 0 aromatic heterocycles. The van der Waals surface area contributed by atoms with E-state index in [2.05, 4.69) is 24.1 Å². The molecule has 0 fully saturated rings. The van der Waals surface area contributed by atoms with E-state index in [9.17, 15) is 13.2 Å². The fraction of sp³-hybridized carbons (Fsp3) is 0.278. The number of carbonyl (C=O) groups excluding carboxylic acids is 1. The summed E-state index contributed by atoms with van der Waals surface area (Å²) in [7, 11) is -3.86. The average Bonchev–Trinajstić information content (AvgIpc) is 3.13. The van der Waals surface area contributed by atoms with E-state index in [4.69, 9.17) is 9.47 Å². The first-order valence-corrected chi connectivity index (χ1v) is 9.71. The lowest BCUT2D eigenvalue weighted by molar-refractivity contribution is 0.0944. The van der Waals surface area contributed by atoms with Gasteiger partial charge in [-0.25, -0.2) is 8.42 Å². The highest BCUT2D eigenvalue weighted by molar-refractivity contribution is 7.89. The van der Waals surface area contributed by atoms with Crippen molar-refractivity contribution in [2.45, 2.75) is 31.1 Å². The number of amides is 1. The summed E-state index contributed by atoms with van der Waals surface area (Å²) in [4.78, 5) is 14.4. The molecule has 2 aromatic rings. The van der Waals surface area contributed by atoms with Gasteiger partial charge in [-0.05, 0) is 48.2 Å². The van der Waals surface area contributed by atoms with E-state index in [1.165, 1.54) is 24.3 Å². The highest BCUT2D eigenvalue weighted by Gasteiger charge is 2.19. The normalized spacial score (nSPS) is 14.1. The smallest absolute Gasteiger partial charge is 0.266 e. The Kier molecular flexibility index (Phi) is 5.15. The molecular weight excluding hydrogens is 356 g/mol. The van der Waals surface area contributed by atoms with Crippen LogP contribution < -0.4 is 19.7 Å². The van der Waals surface area contributed by atoms with Crippen molar-refractivity contribution >= 4 is 15.9 Å². The van der Waals surface area contributed by atoms with Crippen molar-refractivity contribution in [1.82, 2.24) is 10.3 Å². The third-order valence-corrected chi connectivity index (χ3v) is 5.57. The van der Waals surface area contributed by atoms with E-state index in [0.717, 1.165) is 12.0 Å². The van der Waals surface area contributed by atoms with Gasteiger partial charge < -0.3 is 9.47 Å². The Morgan fingerprint density at radius 2 is 1.81 bits per heavy atom. The van der Waals surface area contributed by atoms with Crippen LogP contribution in [-0.4, -0.2) is 21.1 Å². The predicted molar refractivity (Wildman–Crippen MR) is 95.5 cm³/mol. The number of fused-ring (bicyclic) bond motifs is 1. The number of benzene rings is 2. The summed E-state index contributed by atoms with van der Waals surface area (Å²) < 4.78 is 35.0. The van der Waals surface area contributed by atoms with Crippen molar-refractivity contribution in [3.05, 3.63) is 53.6 Å². The van der Waals surface area contributed by atoms with Crippen molar-refractivity contribution in [3.63, 3.8) is 0 Å². The molecule has 0 unspecified atom stereocenters. The molecule has 8 heteroatoms. The standard InChI is InChI=1S/C18H20N2O5S/c1-3-12(2)13-4-7-15(8-5-13)26(22,23)20-19-18(21)14-6-9-16-17(10-14)25-11-24-16/h4-10,12,20H,3,11H2,1-2H3,(H,19,21)/t12-/m0/s1. The summed E-state index contributed by atoms with van der Waals surface area (Å²) in [5, 5.41) is 0. The number of sulfonamides is 1. The first-order chi connectivity index (χ1) is 12.4. The number of hydrazine groups is 1. The fourth-order valence-corrected chi connectivity index (χ4v) is 3.33. The van der Waals surface area contributed by atoms with Gasteiger partial charge in [-0.15, -0.1) is 4.83 Å². The molecule has 1 aliphatic heterocycles. The molecule has 1 aliphatic rings. The summed E-state index contributed by atoms with van der Waals surface area (Å²) in [5.41, 5.74) is 3.52. The maximum Gasteiger partial charge on any atom is 0.266 e. The molecule has 0 saturated heterocycles. The molecule has 0 radical (unpaired) electrons. The number of nitrogens with one attached hydrogen (secondary N) is 2. The van der Waals surface area contributed by atoms with Crippen LogP contribution in [-0.2, 0) is 10.0 Å². The Morgan fingerprint density at radius 1 is 1.12 bits per heavy atom. The average molecular weight is 376 g/mol. The molecule has 0 saturated carbocycles. The summed E-state index contributed by atoms with van der Waals surface area (Å²) in [6, 6.07) is 11.2. The Hall–Kier alpha value is -2.58. The Morgan fingerprint density at radius 3 is 2.50 bits per heavy atom. The van der Waals surface area contributed by atoms with E-state index in [0.29, 0.717) is 17.4 Å². The summed E-state index contributed by atoms with van der Waals surface area (Å²) >= 11 is 0. The topological polar surface area (TPSA) is 93.7 Å². The predicted octanol–water partition coefficient (Wildman–Crippen LogP) is 2.55. The Labute approximate surface area is 152 Å². The van der Waals surface area contributed by atoms with Crippen LogP contribution in [0.15, 0.2) is 47.4 Å². The largest absolute Gasteiger partial charge is 0.454 e. The molecule has 1 amide bonds. The molecular formula is C18H20N2O5S. The van der Waals surface area contributed by atoms with Crippen molar-refractivity contribution in [2.24, 2.45) is 0 Å². The molecule has 138 valence electrons. The van der Waals surface area contributed by atoms with Gasteiger partial charge in [-0.3, -0.25) is 10.2 Å². The lowest BCUT2D eigenvalue weighted by atomic mass is 9.99. The molecule has 26 heavy (non-hydrogen) atoms. The first-order valence-electron chi connectivity index (χ1n) is 8.22. The van der Waals surface area contributed by atoms with Gasteiger partial charge in [0.25, 0.3) is 15.9 Å². The van der Waals surface area contributed by atoms with Crippen molar-refractivity contribution in [3.8, 4) is 11.5 Å². The van der Waals surface area contributed by atoms with E-state index >= 15 is 0 Å². The van der Waals surface area contributed by atoms with Gasteiger partial charge >= 0.3 is 0 Å². The van der Waals surface area contributed by atoms with Crippen molar-refractivity contribution in [1.29, 1.82) is 0 Å². The quantitative estimate of drug-likeness (QED) is 0.756. The van der Waals surface area contributed by atoms with Crippen LogP contribution in [0.3, 0.4) is 0 Å². The van der Waals surface area contributed by atoms with Crippen LogP contribution >= 0.6 is 0 Å². The van der Waals surface area contributed by atoms with Crippen LogP contribution in [0.25, 0.3) is 0 Å². The highest BCUT2D eigenvalue weighted by Crippen LogP contribution is 2.32. The lowest BCUT2D eigenvalue weighted by Crippen LogP contribution is -2.41. The second-order valence-electron chi connectivity index (χ2n) is 6.01. The van der Waals surface area contributed by atoms with Crippen molar-refractivity contribution in [2.75, 3.05) is 6.79 Å². The number of hydrogen-bond donors (Lipinski definition) is 2. The fourth-order valence-electron chi connectivity index (χ4n) is 2.49. The minimum atomic E-state index is -3.86. The lowest BCUT2D eigenvalue weighted by Gasteiger charge is -2.11. The minimum absolute atomic E-state index is 0.0792. The SMILES string of the molecule is CC[C@H](C)c1ccc(S(=O)(=O)NNC(=O)c2ccc3c(c2)OCO3)cc1. The maximum atomic E-state index is 12.3. The van der Waals surface area contributed by atoms with E-state index in [1.807, 2.05) is 0 Å². The zero-order valence-corrected chi connectivity index (χ0v) is 15.3. The summed E-state index contributed by atoms with van der Waals surface area (Å²) in [6.45, 7) is 4.25. The third kappa shape index (κ3) is 3.81. The van der Waals surface area contributed by atoms with Crippen molar-refractivity contribution < 1.29 is 22.7 Å². The van der Waals surface area contributed by atoms with Gasteiger partial charge in [0.15, 0.2) is 11.5 Å². The molecule has 0 bridgehead atoms. The monoisotopic (exact) mass is 376 g/mol. The second-order valence-corrected chi connectivity index (χ2v) is 7.69. The Bertz CT molecular complexity index is 910.